The summed E-state index contributed by atoms with van der Waals surface area (Å²) in [5, 5.41) is 0.297. The Hall–Kier alpha value is -0.840. The van der Waals surface area contributed by atoms with Crippen molar-refractivity contribution in [2.45, 2.75) is 45.2 Å². The van der Waals surface area contributed by atoms with Gasteiger partial charge in [-0.2, -0.15) is 0 Å². The van der Waals surface area contributed by atoms with E-state index in [0.29, 0.717) is 10.8 Å². The van der Waals surface area contributed by atoms with Gasteiger partial charge < -0.3 is 15.2 Å². The Morgan fingerprint density at radius 1 is 1.24 bits per heavy atom. The van der Waals surface area contributed by atoms with E-state index in [1.807, 2.05) is 27.7 Å². The van der Waals surface area contributed by atoms with E-state index < -0.39 is 6.29 Å². The number of hydrogen-bond donors (Lipinski definition) is 1. The maximum Gasteiger partial charge on any atom is 0.186 e. The Labute approximate surface area is 106 Å². The van der Waals surface area contributed by atoms with E-state index in [0.717, 1.165) is 5.56 Å². The molecule has 0 aromatic carbocycles. The SMILES string of the molecule is CC1(C)OC(c2cnc(Cl)c(N)c2)OC1(C)C. The molecule has 4 nitrogen and oxygen atoms in total. The topological polar surface area (TPSA) is 57.4 Å². The zero-order valence-corrected chi connectivity index (χ0v) is 11.2. The van der Waals surface area contributed by atoms with Gasteiger partial charge in [0.15, 0.2) is 11.4 Å². The summed E-state index contributed by atoms with van der Waals surface area (Å²) in [4.78, 5) is 4.00. The third-order valence-electron chi connectivity index (χ3n) is 3.41. The van der Waals surface area contributed by atoms with Crippen molar-refractivity contribution < 1.29 is 9.47 Å². The summed E-state index contributed by atoms with van der Waals surface area (Å²) in [5.41, 5.74) is 6.19. The standard InChI is InChI=1S/C12H17ClN2O2/c1-11(2)12(3,4)17-10(16-11)7-5-8(14)9(13)15-6-7/h5-6,10H,14H2,1-4H3. The Bertz CT molecular complexity index is 430. The highest BCUT2D eigenvalue weighted by Gasteiger charge is 2.49. The van der Waals surface area contributed by atoms with Crippen molar-refractivity contribution >= 4 is 17.3 Å². The number of pyridine rings is 1. The highest BCUT2D eigenvalue weighted by Crippen LogP contribution is 2.44. The molecular formula is C12H17ClN2O2. The summed E-state index contributed by atoms with van der Waals surface area (Å²) in [5.74, 6) is 0. The first-order chi connectivity index (χ1) is 7.73. The summed E-state index contributed by atoms with van der Waals surface area (Å²) in [6.45, 7) is 8.00. The highest BCUT2D eigenvalue weighted by atomic mass is 35.5. The van der Waals surface area contributed by atoms with E-state index in [1.165, 1.54) is 0 Å². The maximum absolute atomic E-state index is 5.88. The van der Waals surface area contributed by atoms with Gasteiger partial charge in [-0.05, 0) is 33.8 Å². The van der Waals surface area contributed by atoms with Crippen molar-refractivity contribution in [3.8, 4) is 0 Å². The molecule has 0 spiro atoms. The van der Waals surface area contributed by atoms with Crippen molar-refractivity contribution in [1.29, 1.82) is 0 Å². The van der Waals surface area contributed by atoms with Gasteiger partial charge in [0.25, 0.3) is 0 Å². The van der Waals surface area contributed by atoms with Crippen LogP contribution < -0.4 is 5.73 Å². The number of anilines is 1. The molecule has 0 unspecified atom stereocenters. The normalized spacial score (nSPS) is 22.9. The number of halogens is 1. The zero-order chi connectivity index (χ0) is 12.8. The molecule has 1 aromatic heterocycles. The molecule has 0 saturated carbocycles. The minimum Gasteiger partial charge on any atom is -0.396 e. The molecule has 1 saturated heterocycles. The zero-order valence-electron chi connectivity index (χ0n) is 10.5. The van der Waals surface area contributed by atoms with Gasteiger partial charge >= 0.3 is 0 Å². The molecule has 2 heterocycles. The Morgan fingerprint density at radius 2 is 1.76 bits per heavy atom. The fraction of sp³-hybridized carbons (Fsp3) is 0.583. The first-order valence-electron chi connectivity index (χ1n) is 5.49. The van der Waals surface area contributed by atoms with E-state index in [1.54, 1.807) is 12.3 Å². The van der Waals surface area contributed by atoms with Crippen LogP contribution in [0.25, 0.3) is 0 Å². The van der Waals surface area contributed by atoms with Gasteiger partial charge in [0.05, 0.1) is 16.9 Å². The first kappa shape index (κ1) is 12.6. The van der Waals surface area contributed by atoms with E-state index in [2.05, 4.69) is 4.98 Å². The number of nitrogen functional groups attached to an aromatic ring is 1. The molecule has 5 heteroatoms. The quantitative estimate of drug-likeness (QED) is 0.785. The lowest BCUT2D eigenvalue weighted by Crippen LogP contribution is -2.41. The second kappa shape index (κ2) is 3.83. The highest BCUT2D eigenvalue weighted by molar-refractivity contribution is 6.31. The van der Waals surface area contributed by atoms with Crippen molar-refractivity contribution in [2.75, 3.05) is 5.73 Å². The van der Waals surface area contributed by atoms with Crippen LogP contribution in [0, 0.1) is 0 Å². The number of aromatic nitrogens is 1. The van der Waals surface area contributed by atoms with Crippen LogP contribution in [0.5, 0.6) is 0 Å². The van der Waals surface area contributed by atoms with Crippen LogP contribution in [0.15, 0.2) is 12.3 Å². The van der Waals surface area contributed by atoms with Crippen molar-refractivity contribution in [2.24, 2.45) is 0 Å². The molecule has 94 valence electrons. The van der Waals surface area contributed by atoms with Crippen LogP contribution in [0.1, 0.15) is 39.5 Å². The van der Waals surface area contributed by atoms with Crippen LogP contribution in [0.4, 0.5) is 5.69 Å². The van der Waals surface area contributed by atoms with Crippen molar-refractivity contribution in [3.63, 3.8) is 0 Å². The van der Waals surface area contributed by atoms with E-state index >= 15 is 0 Å². The Balaban J connectivity index is 2.29. The van der Waals surface area contributed by atoms with E-state index in [-0.39, 0.29) is 11.2 Å². The van der Waals surface area contributed by atoms with Crippen LogP contribution in [-0.2, 0) is 9.47 Å². The number of ether oxygens (including phenoxy) is 2. The predicted octanol–water partition coefficient (Wildman–Crippen LogP) is 2.92. The molecule has 1 fully saturated rings. The van der Waals surface area contributed by atoms with Crippen LogP contribution in [0.2, 0.25) is 5.15 Å². The minimum atomic E-state index is -0.452. The first-order valence-corrected chi connectivity index (χ1v) is 5.87. The second-order valence-electron chi connectivity index (χ2n) is 5.24. The fourth-order valence-corrected chi connectivity index (χ4v) is 1.69. The van der Waals surface area contributed by atoms with Crippen LogP contribution >= 0.6 is 11.6 Å². The van der Waals surface area contributed by atoms with Gasteiger partial charge in [-0.3, -0.25) is 0 Å². The minimum absolute atomic E-state index is 0.297. The van der Waals surface area contributed by atoms with Gasteiger partial charge in [-0.1, -0.05) is 11.6 Å². The molecule has 2 rings (SSSR count). The summed E-state index contributed by atoms with van der Waals surface area (Å²) < 4.78 is 11.8. The Morgan fingerprint density at radius 3 is 2.24 bits per heavy atom. The number of nitrogens with zero attached hydrogens (tertiary/aromatic N) is 1. The molecule has 1 aromatic rings. The van der Waals surface area contributed by atoms with Crippen molar-refractivity contribution in [3.05, 3.63) is 23.0 Å². The predicted molar refractivity (Wildman–Crippen MR) is 66.7 cm³/mol. The van der Waals surface area contributed by atoms with Crippen LogP contribution in [0.3, 0.4) is 0 Å². The third-order valence-corrected chi connectivity index (χ3v) is 3.73. The lowest BCUT2D eigenvalue weighted by Gasteiger charge is -2.30. The third kappa shape index (κ3) is 2.12. The molecule has 0 aliphatic carbocycles. The van der Waals surface area contributed by atoms with Crippen LogP contribution in [-0.4, -0.2) is 16.2 Å². The fourth-order valence-electron chi connectivity index (χ4n) is 1.59. The summed E-state index contributed by atoms with van der Waals surface area (Å²) >= 11 is 5.78. The summed E-state index contributed by atoms with van der Waals surface area (Å²) in [7, 11) is 0. The van der Waals surface area contributed by atoms with Gasteiger partial charge in [-0.25, -0.2) is 4.98 Å². The van der Waals surface area contributed by atoms with Gasteiger partial charge in [-0.15, -0.1) is 0 Å². The average molecular weight is 257 g/mol. The maximum atomic E-state index is 5.88. The molecule has 0 amide bonds. The molecule has 0 radical (unpaired) electrons. The summed E-state index contributed by atoms with van der Waals surface area (Å²) in [6.07, 6.45) is 1.17. The molecule has 17 heavy (non-hydrogen) atoms. The summed E-state index contributed by atoms with van der Waals surface area (Å²) in [6, 6.07) is 1.73. The van der Waals surface area contributed by atoms with E-state index in [9.17, 15) is 0 Å². The monoisotopic (exact) mass is 256 g/mol. The van der Waals surface area contributed by atoms with Gasteiger partial charge in [0.1, 0.15) is 0 Å². The molecule has 0 bridgehead atoms. The Kier molecular flexibility index (Phi) is 2.84. The van der Waals surface area contributed by atoms with Gasteiger partial charge in [0, 0.05) is 11.8 Å². The lowest BCUT2D eigenvalue weighted by atomic mass is 9.90. The second-order valence-corrected chi connectivity index (χ2v) is 5.59. The number of rotatable bonds is 1. The molecule has 0 atom stereocenters. The molecule has 1 aliphatic rings. The number of nitrogens with two attached hydrogens (primary N) is 1. The van der Waals surface area contributed by atoms with Crippen molar-refractivity contribution in [1.82, 2.24) is 4.98 Å². The van der Waals surface area contributed by atoms with E-state index in [4.69, 9.17) is 26.8 Å². The largest absolute Gasteiger partial charge is 0.396 e. The smallest absolute Gasteiger partial charge is 0.186 e. The van der Waals surface area contributed by atoms with Gasteiger partial charge in [0.2, 0.25) is 0 Å². The molecule has 1 aliphatic heterocycles. The lowest BCUT2D eigenvalue weighted by molar-refractivity contribution is -0.0897. The number of hydrogen-bond acceptors (Lipinski definition) is 4. The average Bonchev–Trinajstić information content (AvgIpc) is 2.41. The molecular weight excluding hydrogens is 240 g/mol. The molecule has 2 N–H and O–H groups in total.